The summed E-state index contributed by atoms with van der Waals surface area (Å²) in [6.45, 7) is 3.78. The van der Waals surface area contributed by atoms with E-state index in [0.717, 1.165) is 25.5 Å². The van der Waals surface area contributed by atoms with Crippen molar-refractivity contribution in [3.8, 4) is 6.07 Å². The normalized spacial score (nSPS) is 22.6. The van der Waals surface area contributed by atoms with Crippen LogP contribution < -0.4 is 4.90 Å². The summed E-state index contributed by atoms with van der Waals surface area (Å²) >= 11 is 0. The molecule has 3 aliphatic rings. The monoisotopic (exact) mass is 465 g/mol. The van der Waals surface area contributed by atoms with Crippen LogP contribution in [0.25, 0.3) is 0 Å². The van der Waals surface area contributed by atoms with E-state index in [4.69, 9.17) is 14.7 Å². The molecule has 33 heavy (non-hydrogen) atoms. The lowest BCUT2D eigenvalue weighted by molar-refractivity contribution is -0.138. The van der Waals surface area contributed by atoms with Gasteiger partial charge >= 0.3 is 6.18 Å². The molecule has 2 aliphatic heterocycles. The molecule has 1 unspecified atom stereocenters. The van der Waals surface area contributed by atoms with Gasteiger partial charge in [0.2, 0.25) is 5.91 Å². The molecule has 0 N–H and O–H groups in total. The summed E-state index contributed by atoms with van der Waals surface area (Å²) < 4.78 is 51.6. The first-order valence-electron chi connectivity index (χ1n) is 11.5. The maximum absolute atomic E-state index is 13.5. The van der Waals surface area contributed by atoms with Gasteiger partial charge in [-0.15, -0.1) is 0 Å². The molecule has 0 aromatic heterocycles. The lowest BCUT2D eigenvalue weighted by atomic mass is 9.71. The molecule has 2 heterocycles. The summed E-state index contributed by atoms with van der Waals surface area (Å²) in [6, 6.07) is 5.60. The number of nitrogens with zero attached hydrogens (tertiary/aromatic N) is 3. The van der Waals surface area contributed by atoms with Crippen LogP contribution in [-0.4, -0.2) is 63.9 Å². The molecule has 1 saturated carbocycles. The zero-order chi connectivity index (χ0) is 23.6. The number of hydrogen-bond donors (Lipinski definition) is 0. The van der Waals surface area contributed by atoms with Gasteiger partial charge in [-0.1, -0.05) is 0 Å². The zero-order valence-electron chi connectivity index (χ0n) is 18.9. The van der Waals surface area contributed by atoms with Crippen LogP contribution in [0.2, 0.25) is 0 Å². The number of anilines is 1. The number of likely N-dealkylation sites (tertiary alicyclic amines) is 1. The third-order valence-corrected chi connectivity index (χ3v) is 7.36. The fourth-order valence-corrected chi connectivity index (χ4v) is 5.16. The fraction of sp³-hybridized carbons (Fsp3) is 0.667. The summed E-state index contributed by atoms with van der Waals surface area (Å²) in [7, 11) is 1.50. The van der Waals surface area contributed by atoms with E-state index in [-0.39, 0.29) is 29.4 Å². The number of piperidine rings is 1. The highest BCUT2D eigenvalue weighted by Gasteiger charge is 2.49. The minimum atomic E-state index is -4.59. The number of benzene rings is 1. The molecular weight excluding hydrogens is 435 g/mol. The van der Waals surface area contributed by atoms with E-state index in [9.17, 15) is 18.0 Å². The Kier molecular flexibility index (Phi) is 6.87. The number of rotatable bonds is 7. The number of nitriles is 1. The predicted octanol–water partition coefficient (Wildman–Crippen LogP) is 3.70. The van der Waals surface area contributed by atoms with Crippen LogP contribution in [0.4, 0.5) is 18.9 Å². The predicted molar refractivity (Wildman–Crippen MR) is 116 cm³/mol. The van der Waals surface area contributed by atoms with Crippen LogP contribution >= 0.6 is 0 Å². The Hall–Kier alpha value is -2.31. The minimum absolute atomic E-state index is 0.0364. The summed E-state index contributed by atoms with van der Waals surface area (Å²) in [6.07, 6.45) is -0.635. The number of carbonyl (C=O) groups is 1. The summed E-state index contributed by atoms with van der Waals surface area (Å²) in [4.78, 5) is 16.1. The second-order valence-electron chi connectivity index (χ2n) is 9.57. The summed E-state index contributed by atoms with van der Waals surface area (Å²) in [5.74, 6) is 0.770. The Morgan fingerprint density at radius 1 is 1.24 bits per heavy atom. The third-order valence-electron chi connectivity index (χ3n) is 7.36. The first kappa shape index (κ1) is 23.8. The lowest BCUT2D eigenvalue weighted by Crippen LogP contribution is -2.48. The second kappa shape index (κ2) is 9.51. The van der Waals surface area contributed by atoms with Crippen LogP contribution in [0.15, 0.2) is 18.2 Å². The minimum Gasteiger partial charge on any atom is -0.381 e. The highest BCUT2D eigenvalue weighted by molar-refractivity contribution is 5.77. The molecule has 180 valence electrons. The molecule has 9 heteroatoms. The van der Waals surface area contributed by atoms with Crippen molar-refractivity contribution in [1.29, 1.82) is 5.26 Å². The standard InChI is InChI=1S/C24H30F3N3O3/c1-32-15-22(31)29-8-6-23(7-9-29)16-30(12-19(23)14-33-13-17-2-3-17)20-5-4-18(11-28)21(10-20)24(25,26)27/h4-5,10,17,19H,2-3,6-9,12-16H2,1H3. The molecule has 1 atom stereocenters. The summed E-state index contributed by atoms with van der Waals surface area (Å²) in [5.41, 5.74) is -0.914. The zero-order valence-corrected chi connectivity index (χ0v) is 18.9. The van der Waals surface area contributed by atoms with E-state index in [1.807, 2.05) is 9.80 Å². The van der Waals surface area contributed by atoms with Crippen LogP contribution in [-0.2, 0) is 20.4 Å². The SMILES string of the molecule is COCC(=O)N1CCC2(CC1)CN(c1ccc(C#N)c(C(F)(F)F)c1)CC2COCC1CC1. The van der Waals surface area contributed by atoms with E-state index in [1.54, 1.807) is 12.1 Å². The Morgan fingerprint density at radius 2 is 1.97 bits per heavy atom. The van der Waals surface area contributed by atoms with Crippen molar-refractivity contribution in [1.82, 2.24) is 4.90 Å². The van der Waals surface area contributed by atoms with Gasteiger partial charge in [-0.05, 0) is 55.2 Å². The van der Waals surface area contributed by atoms with Crippen molar-refractivity contribution < 1.29 is 27.4 Å². The number of amides is 1. The number of ether oxygens (including phenoxy) is 2. The van der Waals surface area contributed by atoms with Gasteiger partial charge in [-0.3, -0.25) is 4.79 Å². The largest absolute Gasteiger partial charge is 0.417 e. The molecule has 2 saturated heterocycles. The quantitative estimate of drug-likeness (QED) is 0.615. The molecule has 1 amide bonds. The fourth-order valence-electron chi connectivity index (χ4n) is 5.16. The van der Waals surface area contributed by atoms with Gasteiger partial charge < -0.3 is 19.3 Å². The summed E-state index contributed by atoms with van der Waals surface area (Å²) in [5, 5.41) is 9.11. The van der Waals surface area contributed by atoms with Gasteiger partial charge in [0.1, 0.15) is 6.61 Å². The van der Waals surface area contributed by atoms with Gasteiger partial charge in [0.25, 0.3) is 0 Å². The average Bonchev–Trinajstić information content (AvgIpc) is 3.55. The lowest BCUT2D eigenvalue weighted by Gasteiger charge is -2.42. The Morgan fingerprint density at radius 3 is 2.58 bits per heavy atom. The van der Waals surface area contributed by atoms with Crippen LogP contribution in [0, 0.1) is 28.6 Å². The van der Waals surface area contributed by atoms with E-state index in [2.05, 4.69) is 0 Å². The number of hydrogen-bond acceptors (Lipinski definition) is 5. The van der Waals surface area contributed by atoms with Crippen LogP contribution in [0.3, 0.4) is 0 Å². The van der Waals surface area contributed by atoms with Gasteiger partial charge in [-0.25, -0.2) is 0 Å². The smallest absolute Gasteiger partial charge is 0.381 e. The first-order valence-corrected chi connectivity index (χ1v) is 11.5. The average molecular weight is 466 g/mol. The Balaban J connectivity index is 1.53. The molecule has 3 fully saturated rings. The van der Waals surface area contributed by atoms with E-state index >= 15 is 0 Å². The van der Waals surface area contributed by atoms with E-state index in [0.29, 0.717) is 44.4 Å². The van der Waals surface area contributed by atoms with Crippen LogP contribution in [0.1, 0.15) is 36.8 Å². The Bertz CT molecular complexity index is 902. The van der Waals surface area contributed by atoms with Crippen molar-refractivity contribution in [2.45, 2.75) is 31.9 Å². The van der Waals surface area contributed by atoms with Crippen molar-refractivity contribution in [2.75, 3.05) is 58.0 Å². The molecule has 1 aromatic carbocycles. The molecule has 6 nitrogen and oxygen atoms in total. The van der Waals surface area contributed by atoms with Crippen LogP contribution in [0.5, 0.6) is 0 Å². The highest BCUT2D eigenvalue weighted by Crippen LogP contribution is 2.47. The molecular formula is C24H30F3N3O3. The number of methoxy groups -OCH3 is 1. The number of carbonyl (C=O) groups excluding carboxylic acids is 1. The Labute approximate surface area is 192 Å². The highest BCUT2D eigenvalue weighted by atomic mass is 19.4. The topological polar surface area (TPSA) is 65.8 Å². The second-order valence-corrected chi connectivity index (χ2v) is 9.57. The molecule has 1 spiro atoms. The van der Waals surface area contributed by atoms with Gasteiger partial charge in [0, 0.05) is 51.5 Å². The number of alkyl halides is 3. The molecule has 4 rings (SSSR count). The van der Waals surface area contributed by atoms with Gasteiger partial charge in [0.15, 0.2) is 0 Å². The maximum atomic E-state index is 13.5. The third kappa shape index (κ3) is 5.28. The van der Waals surface area contributed by atoms with Gasteiger partial charge in [0.05, 0.1) is 23.8 Å². The van der Waals surface area contributed by atoms with Gasteiger partial charge in [-0.2, -0.15) is 18.4 Å². The van der Waals surface area contributed by atoms with Crippen molar-refractivity contribution in [3.05, 3.63) is 29.3 Å². The molecule has 1 aromatic rings. The van der Waals surface area contributed by atoms with E-state index < -0.39 is 11.7 Å². The van der Waals surface area contributed by atoms with E-state index in [1.165, 1.54) is 26.0 Å². The molecule has 0 radical (unpaired) electrons. The maximum Gasteiger partial charge on any atom is 0.417 e. The van der Waals surface area contributed by atoms with Crippen molar-refractivity contribution in [2.24, 2.45) is 17.3 Å². The van der Waals surface area contributed by atoms with Crippen molar-refractivity contribution in [3.63, 3.8) is 0 Å². The number of halogens is 3. The molecule has 1 aliphatic carbocycles. The first-order chi connectivity index (χ1) is 15.8. The van der Waals surface area contributed by atoms with Crippen molar-refractivity contribution >= 4 is 11.6 Å². The molecule has 0 bridgehead atoms.